The highest BCUT2D eigenvalue weighted by molar-refractivity contribution is 5.98. The Morgan fingerprint density at radius 3 is 2.63 bits per heavy atom. The Morgan fingerprint density at radius 1 is 1.12 bits per heavy atom. The van der Waals surface area contributed by atoms with Crippen molar-refractivity contribution in [2.45, 2.75) is 45.2 Å². The molecule has 4 aromatic rings. The average molecular weight is 600 g/mol. The molecule has 13 heteroatoms. The third-order valence-corrected chi connectivity index (χ3v) is 7.26. The number of carbonyl (C=O) groups is 2. The van der Waals surface area contributed by atoms with Gasteiger partial charge in [0.1, 0.15) is 30.0 Å². The molecule has 0 saturated heterocycles. The number of alkyl halides is 3. The van der Waals surface area contributed by atoms with Crippen LogP contribution in [-0.2, 0) is 14.3 Å². The normalized spacial score (nSPS) is 18.9. The zero-order valence-corrected chi connectivity index (χ0v) is 23.1. The summed E-state index contributed by atoms with van der Waals surface area (Å²) < 4.78 is 80.6. The van der Waals surface area contributed by atoms with Gasteiger partial charge in [-0.15, -0.1) is 0 Å². The van der Waals surface area contributed by atoms with Crippen LogP contribution in [0.4, 0.5) is 23.2 Å². The van der Waals surface area contributed by atoms with Crippen LogP contribution in [0.15, 0.2) is 54.6 Å². The number of benzene rings is 3. The number of hydrogen-bond donors (Lipinski definition) is 0. The summed E-state index contributed by atoms with van der Waals surface area (Å²) in [6.45, 7) is 4.60. The number of nitrogens with zero attached hydrogens (tertiary/aromatic N) is 3. The fourth-order valence-electron chi connectivity index (χ4n) is 5.53. The van der Waals surface area contributed by atoms with Crippen molar-refractivity contribution in [3.63, 3.8) is 0 Å². The van der Waals surface area contributed by atoms with E-state index in [0.29, 0.717) is 32.7 Å². The summed E-state index contributed by atoms with van der Waals surface area (Å²) in [5, 5.41) is 0. The number of para-hydroxylation sites is 1. The Labute approximate surface area is 242 Å². The summed E-state index contributed by atoms with van der Waals surface area (Å²) in [6.07, 6.45) is -6.55. The molecule has 9 nitrogen and oxygen atoms in total. The van der Waals surface area contributed by atoms with Crippen LogP contribution < -0.4 is 19.1 Å². The Bertz CT molecular complexity index is 1750. The lowest BCUT2D eigenvalue weighted by Gasteiger charge is -2.29. The van der Waals surface area contributed by atoms with Gasteiger partial charge >= 0.3 is 24.1 Å². The van der Waals surface area contributed by atoms with E-state index in [1.54, 1.807) is 32.0 Å². The highest BCUT2D eigenvalue weighted by Crippen LogP contribution is 2.47. The van der Waals surface area contributed by atoms with E-state index in [1.165, 1.54) is 47.9 Å². The van der Waals surface area contributed by atoms with E-state index in [0.717, 1.165) is 0 Å². The van der Waals surface area contributed by atoms with Crippen LogP contribution in [0.1, 0.15) is 44.0 Å². The lowest BCUT2D eigenvalue weighted by molar-refractivity contribution is -0.171. The molecule has 6 rings (SSSR count). The number of carbonyl (C=O) groups excluding carboxylic acids is 2. The third-order valence-electron chi connectivity index (χ3n) is 7.26. The van der Waals surface area contributed by atoms with Crippen molar-refractivity contribution in [2.24, 2.45) is 0 Å². The lowest BCUT2D eigenvalue weighted by Crippen LogP contribution is -2.44. The number of hydrogen-bond acceptors (Lipinski definition) is 7. The first-order valence-corrected chi connectivity index (χ1v) is 13.4. The fraction of sp³-hybridized carbons (Fsp3) is 0.300. The van der Waals surface area contributed by atoms with Crippen molar-refractivity contribution in [3.8, 4) is 23.2 Å². The van der Waals surface area contributed by atoms with Crippen molar-refractivity contribution in [2.75, 3.05) is 18.1 Å². The molecule has 0 saturated carbocycles. The quantitative estimate of drug-likeness (QED) is 0.199. The number of rotatable bonds is 6. The van der Waals surface area contributed by atoms with Gasteiger partial charge in [0.25, 0.3) is 0 Å². The van der Waals surface area contributed by atoms with Gasteiger partial charge in [-0.3, -0.25) is 19.1 Å². The molecule has 2 aliphatic heterocycles. The summed E-state index contributed by atoms with van der Waals surface area (Å²) in [5.74, 6) is -2.78. The molecule has 3 heterocycles. The topological polar surface area (TPSA) is 92.1 Å². The Hall–Kier alpha value is -4.81. The highest BCUT2D eigenvalue weighted by Gasteiger charge is 2.48. The second-order valence-electron chi connectivity index (χ2n) is 10.1. The molecule has 224 valence electrons. The Morgan fingerprint density at radius 2 is 1.91 bits per heavy atom. The van der Waals surface area contributed by atoms with E-state index in [1.807, 2.05) is 0 Å². The molecule has 0 aliphatic carbocycles. The Kier molecular flexibility index (Phi) is 6.90. The van der Waals surface area contributed by atoms with E-state index in [2.05, 4.69) is 4.98 Å². The van der Waals surface area contributed by atoms with Gasteiger partial charge in [-0.2, -0.15) is 18.2 Å². The number of halogens is 4. The lowest BCUT2D eigenvalue weighted by atomic mass is 10.0. The molecule has 0 radical (unpaired) electrons. The number of ether oxygens (including phenoxy) is 4. The maximum atomic E-state index is 14.3. The first-order valence-electron chi connectivity index (χ1n) is 13.4. The predicted octanol–water partition coefficient (Wildman–Crippen LogP) is 5.98. The molecule has 0 spiro atoms. The van der Waals surface area contributed by atoms with Crippen LogP contribution in [-0.4, -0.2) is 46.9 Å². The van der Waals surface area contributed by atoms with Crippen LogP contribution in [0.2, 0.25) is 0 Å². The second kappa shape index (κ2) is 10.5. The summed E-state index contributed by atoms with van der Waals surface area (Å²) >= 11 is 0. The molecular weight excluding hydrogens is 574 g/mol. The van der Waals surface area contributed by atoms with E-state index in [9.17, 15) is 27.2 Å². The van der Waals surface area contributed by atoms with Crippen LogP contribution in [0.5, 0.6) is 17.5 Å². The summed E-state index contributed by atoms with van der Waals surface area (Å²) in [7, 11) is 0. The van der Waals surface area contributed by atoms with Crippen molar-refractivity contribution in [1.29, 1.82) is 0 Å². The molecule has 1 aromatic heterocycles. The Balaban J connectivity index is 1.46. The van der Waals surface area contributed by atoms with E-state index in [-0.39, 0.29) is 36.4 Å². The molecule has 3 aromatic carbocycles. The fourth-order valence-corrected chi connectivity index (χ4v) is 5.53. The molecule has 3 atom stereocenters. The van der Waals surface area contributed by atoms with Gasteiger partial charge in [-0.25, -0.2) is 4.39 Å². The molecule has 1 amide bonds. The summed E-state index contributed by atoms with van der Waals surface area (Å²) in [4.78, 5) is 29.6. The number of fused-ring (bicyclic) bond motifs is 3. The minimum absolute atomic E-state index is 0.0891. The van der Waals surface area contributed by atoms with E-state index >= 15 is 0 Å². The van der Waals surface area contributed by atoms with Gasteiger partial charge in [0, 0.05) is 35.9 Å². The standard InChI is InChI=1S/C30H25F4N3O6/c1-4-40-29-35-21-11-8-17(31)12-23(21)37(29)22-7-5-6-19-24(14-41-27(19)22)36(28(39)30(32,33)34)18-9-10-20-25(13-18)42-15(2)26(20)43-16(3)38/h5-13,15,24,26H,4,14H2,1-3H3/t15?,24-,26+/m0/s1. The third kappa shape index (κ3) is 4.88. The SMILES string of the molecule is CCOc1nc2ccc(F)cc2n1-c1cccc2c1OC[C@@H]2N(C(=O)C(F)(F)F)c1ccc2c(c1)OC(C)[C@H]2OC(C)=O. The minimum Gasteiger partial charge on any atom is -0.488 e. The van der Waals surface area contributed by atoms with Crippen molar-refractivity contribution < 1.29 is 46.1 Å². The summed E-state index contributed by atoms with van der Waals surface area (Å²) in [5.41, 5.74) is 1.83. The molecule has 0 bridgehead atoms. The van der Waals surface area contributed by atoms with Crippen LogP contribution in [0, 0.1) is 5.82 Å². The molecular formula is C30H25F4N3O6. The zero-order valence-electron chi connectivity index (χ0n) is 23.1. The van der Waals surface area contributed by atoms with Crippen molar-refractivity contribution in [3.05, 3.63) is 71.5 Å². The smallest absolute Gasteiger partial charge is 0.471 e. The van der Waals surface area contributed by atoms with Gasteiger partial charge in [0.05, 0.1) is 29.4 Å². The molecule has 0 N–H and O–H groups in total. The summed E-state index contributed by atoms with van der Waals surface area (Å²) in [6, 6.07) is 11.9. The van der Waals surface area contributed by atoms with Crippen LogP contribution >= 0.6 is 0 Å². The van der Waals surface area contributed by atoms with Crippen molar-refractivity contribution >= 4 is 28.6 Å². The van der Waals surface area contributed by atoms with Crippen LogP contribution in [0.3, 0.4) is 0 Å². The molecule has 43 heavy (non-hydrogen) atoms. The highest BCUT2D eigenvalue weighted by atomic mass is 19.4. The molecule has 2 aliphatic rings. The first kappa shape index (κ1) is 28.3. The van der Waals surface area contributed by atoms with Crippen molar-refractivity contribution in [1.82, 2.24) is 9.55 Å². The van der Waals surface area contributed by atoms with Gasteiger partial charge in [-0.1, -0.05) is 12.1 Å². The number of anilines is 1. The van der Waals surface area contributed by atoms with E-state index < -0.39 is 42.1 Å². The number of amides is 1. The van der Waals surface area contributed by atoms with E-state index in [4.69, 9.17) is 18.9 Å². The van der Waals surface area contributed by atoms with Gasteiger partial charge in [0.15, 0.2) is 6.10 Å². The minimum atomic E-state index is -5.21. The number of esters is 1. The number of aromatic nitrogens is 2. The molecule has 1 unspecified atom stereocenters. The molecule has 0 fully saturated rings. The first-order chi connectivity index (χ1) is 20.5. The predicted molar refractivity (Wildman–Crippen MR) is 145 cm³/mol. The maximum absolute atomic E-state index is 14.3. The van der Waals surface area contributed by atoms with Crippen LogP contribution in [0.25, 0.3) is 16.7 Å². The average Bonchev–Trinajstić information content (AvgIpc) is 3.61. The zero-order chi connectivity index (χ0) is 30.6. The largest absolute Gasteiger partial charge is 0.488 e. The van der Waals surface area contributed by atoms with Gasteiger partial charge in [0.2, 0.25) is 0 Å². The maximum Gasteiger partial charge on any atom is 0.471 e. The van der Waals surface area contributed by atoms with Gasteiger partial charge < -0.3 is 18.9 Å². The van der Waals surface area contributed by atoms with Gasteiger partial charge in [-0.05, 0) is 44.2 Å². The second-order valence-corrected chi connectivity index (χ2v) is 10.1. The monoisotopic (exact) mass is 599 g/mol. The number of imidazole rings is 1.